The molecule has 2 heteroatoms. The van der Waals surface area contributed by atoms with Crippen LogP contribution in [0.3, 0.4) is 0 Å². The Morgan fingerprint density at radius 3 is 2.65 bits per heavy atom. The Kier molecular flexibility index (Phi) is 5.72. The molecule has 0 saturated carbocycles. The van der Waals surface area contributed by atoms with Crippen LogP contribution in [0.1, 0.15) is 49.2 Å². The predicted molar refractivity (Wildman–Crippen MR) is 111 cm³/mol. The Morgan fingerprint density at radius 2 is 1.92 bits per heavy atom. The fraction of sp³-hybridized carbons (Fsp3) is 0.292. The largest absolute Gasteiger partial charge is 0.324 e. The van der Waals surface area contributed by atoms with E-state index < -0.39 is 0 Å². The molecule has 0 atom stereocenters. The van der Waals surface area contributed by atoms with Gasteiger partial charge in [0.1, 0.15) is 5.82 Å². The predicted octanol–water partition coefficient (Wildman–Crippen LogP) is 6.28. The minimum Gasteiger partial charge on any atom is -0.324 e. The Hall–Kier alpha value is -2.61. The average Bonchev–Trinajstić information content (AvgIpc) is 3.04. The highest BCUT2D eigenvalue weighted by molar-refractivity contribution is 5.69. The Morgan fingerprint density at radius 1 is 1.12 bits per heavy atom. The Labute approximate surface area is 157 Å². The summed E-state index contributed by atoms with van der Waals surface area (Å²) < 4.78 is 2.38. The summed E-state index contributed by atoms with van der Waals surface area (Å²) in [6, 6.07) is 17.2. The molecule has 0 aliphatic rings. The number of benzene rings is 2. The van der Waals surface area contributed by atoms with Gasteiger partial charge in [-0.3, -0.25) is 0 Å². The Balaban J connectivity index is 2.05. The SMILES string of the molecule is C=C(C)c1cccc(-c2cnc(CCCC)n2Cc2ccccc2C)c1. The number of rotatable bonds is 7. The van der Waals surface area contributed by atoms with Crippen molar-refractivity contribution in [2.45, 2.75) is 46.6 Å². The zero-order valence-corrected chi connectivity index (χ0v) is 16.1. The van der Waals surface area contributed by atoms with Crippen LogP contribution in [-0.4, -0.2) is 9.55 Å². The quantitative estimate of drug-likeness (QED) is 0.493. The maximum Gasteiger partial charge on any atom is 0.109 e. The number of aromatic nitrogens is 2. The molecular formula is C24H28N2. The van der Waals surface area contributed by atoms with Crippen molar-refractivity contribution in [3.63, 3.8) is 0 Å². The highest BCUT2D eigenvalue weighted by atomic mass is 15.1. The summed E-state index contributed by atoms with van der Waals surface area (Å²) in [5.74, 6) is 1.17. The minimum atomic E-state index is 0.859. The van der Waals surface area contributed by atoms with Gasteiger partial charge in [-0.15, -0.1) is 0 Å². The first-order valence-corrected chi connectivity index (χ1v) is 9.45. The molecule has 134 valence electrons. The first-order valence-electron chi connectivity index (χ1n) is 9.45. The lowest BCUT2D eigenvalue weighted by molar-refractivity contribution is 0.680. The first kappa shape index (κ1) is 18.2. The van der Waals surface area contributed by atoms with Gasteiger partial charge in [-0.1, -0.05) is 68.0 Å². The van der Waals surface area contributed by atoms with Crippen LogP contribution in [-0.2, 0) is 13.0 Å². The summed E-state index contributed by atoms with van der Waals surface area (Å²) in [6.45, 7) is 11.4. The number of imidazole rings is 1. The van der Waals surface area contributed by atoms with Crippen molar-refractivity contribution in [3.05, 3.63) is 83.8 Å². The van der Waals surface area contributed by atoms with Gasteiger partial charge in [-0.05, 0) is 43.0 Å². The lowest BCUT2D eigenvalue weighted by Gasteiger charge is -2.15. The highest BCUT2D eigenvalue weighted by Gasteiger charge is 2.13. The van der Waals surface area contributed by atoms with Gasteiger partial charge in [0.05, 0.1) is 11.9 Å². The zero-order valence-electron chi connectivity index (χ0n) is 16.1. The molecular weight excluding hydrogens is 316 g/mol. The van der Waals surface area contributed by atoms with Crippen LogP contribution in [0.25, 0.3) is 16.8 Å². The summed E-state index contributed by atoms with van der Waals surface area (Å²) in [4.78, 5) is 4.77. The van der Waals surface area contributed by atoms with Gasteiger partial charge in [0.15, 0.2) is 0 Å². The van der Waals surface area contributed by atoms with Crippen LogP contribution in [0.4, 0.5) is 0 Å². The van der Waals surface area contributed by atoms with E-state index in [0.717, 1.165) is 25.0 Å². The second-order valence-corrected chi connectivity index (χ2v) is 7.04. The molecule has 0 radical (unpaired) electrons. The summed E-state index contributed by atoms with van der Waals surface area (Å²) >= 11 is 0. The lowest BCUT2D eigenvalue weighted by atomic mass is 10.0. The zero-order chi connectivity index (χ0) is 18.5. The molecule has 0 bridgehead atoms. The van der Waals surface area contributed by atoms with Gasteiger partial charge in [-0.2, -0.15) is 0 Å². The summed E-state index contributed by atoms with van der Waals surface area (Å²) in [6.07, 6.45) is 5.39. The number of hydrogen-bond donors (Lipinski definition) is 0. The highest BCUT2D eigenvalue weighted by Crippen LogP contribution is 2.26. The van der Waals surface area contributed by atoms with E-state index in [1.54, 1.807) is 0 Å². The van der Waals surface area contributed by atoms with Gasteiger partial charge in [0, 0.05) is 18.5 Å². The van der Waals surface area contributed by atoms with Crippen LogP contribution in [0.5, 0.6) is 0 Å². The topological polar surface area (TPSA) is 17.8 Å². The van der Waals surface area contributed by atoms with Gasteiger partial charge in [0.25, 0.3) is 0 Å². The third kappa shape index (κ3) is 3.96. The van der Waals surface area contributed by atoms with Crippen molar-refractivity contribution in [1.82, 2.24) is 9.55 Å². The van der Waals surface area contributed by atoms with E-state index in [9.17, 15) is 0 Å². The molecule has 0 unspecified atom stereocenters. The van der Waals surface area contributed by atoms with Crippen LogP contribution in [0, 0.1) is 6.92 Å². The standard InChI is InChI=1S/C24H28N2/c1-5-6-14-24-25-16-23(21-13-9-12-20(15-21)18(2)3)26(24)17-22-11-8-7-10-19(22)4/h7-13,15-16H,2,5-6,14,17H2,1,3-4H3. The number of allylic oxidation sites excluding steroid dienone is 1. The molecule has 0 N–H and O–H groups in total. The van der Waals surface area contributed by atoms with E-state index in [-0.39, 0.29) is 0 Å². The van der Waals surface area contributed by atoms with E-state index in [0.29, 0.717) is 0 Å². The van der Waals surface area contributed by atoms with Crippen molar-refractivity contribution >= 4 is 5.57 Å². The normalized spacial score (nSPS) is 10.9. The van der Waals surface area contributed by atoms with Gasteiger partial charge in [0.2, 0.25) is 0 Å². The molecule has 2 nitrogen and oxygen atoms in total. The molecule has 1 aromatic heterocycles. The summed E-state index contributed by atoms with van der Waals surface area (Å²) in [5.41, 5.74) is 7.32. The Bertz CT molecular complexity index is 902. The van der Waals surface area contributed by atoms with Crippen LogP contribution in [0.2, 0.25) is 0 Å². The van der Waals surface area contributed by atoms with Gasteiger partial charge >= 0.3 is 0 Å². The molecule has 0 aliphatic heterocycles. The number of nitrogens with zero attached hydrogens (tertiary/aromatic N) is 2. The molecule has 0 saturated heterocycles. The summed E-state index contributed by atoms with van der Waals surface area (Å²) in [5, 5.41) is 0. The first-order chi connectivity index (χ1) is 12.6. The molecule has 3 aromatic rings. The van der Waals surface area contributed by atoms with Crippen LogP contribution >= 0.6 is 0 Å². The molecule has 0 spiro atoms. The summed E-state index contributed by atoms with van der Waals surface area (Å²) in [7, 11) is 0. The van der Waals surface area contributed by atoms with E-state index >= 15 is 0 Å². The van der Waals surface area contributed by atoms with Crippen molar-refractivity contribution < 1.29 is 0 Å². The number of hydrogen-bond acceptors (Lipinski definition) is 1. The smallest absolute Gasteiger partial charge is 0.109 e. The molecule has 26 heavy (non-hydrogen) atoms. The number of aryl methyl sites for hydroxylation is 2. The molecule has 0 amide bonds. The fourth-order valence-corrected chi connectivity index (χ4v) is 3.26. The second-order valence-electron chi connectivity index (χ2n) is 7.04. The molecule has 1 heterocycles. The minimum absolute atomic E-state index is 0.859. The van der Waals surface area contributed by atoms with Gasteiger partial charge in [-0.25, -0.2) is 4.98 Å². The van der Waals surface area contributed by atoms with Crippen molar-refractivity contribution in [2.75, 3.05) is 0 Å². The maximum absolute atomic E-state index is 4.77. The fourth-order valence-electron chi connectivity index (χ4n) is 3.26. The molecule has 0 fully saturated rings. The monoisotopic (exact) mass is 344 g/mol. The van der Waals surface area contributed by atoms with Gasteiger partial charge < -0.3 is 4.57 Å². The van der Waals surface area contributed by atoms with Crippen LogP contribution < -0.4 is 0 Å². The molecule has 0 aliphatic carbocycles. The second kappa shape index (κ2) is 8.18. The van der Waals surface area contributed by atoms with Crippen molar-refractivity contribution in [3.8, 4) is 11.3 Å². The lowest BCUT2D eigenvalue weighted by Crippen LogP contribution is -2.08. The molecule has 3 rings (SSSR count). The van der Waals surface area contributed by atoms with E-state index in [4.69, 9.17) is 4.98 Å². The third-order valence-electron chi connectivity index (χ3n) is 4.93. The van der Waals surface area contributed by atoms with Crippen LogP contribution in [0.15, 0.2) is 61.3 Å². The van der Waals surface area contributed by atoms with Crippen molar-refractivity contribution in [2.24, 2.45) is 0 Å². The average molecular weight is 345 g/mol. The number of unbranched alkanes of at least 4 members (excludes halogenated alkanes) is 1. The van der Waals surface area contributed by atoms with E-state index in [1.807, 2.05) is 6.20 Å². The van der Waals surface area contributed by atoms with Crippen molar-refractivity contribution in [1.29, 1.82) is 0 Å². The molecule has 2 aromatic carbocycles. The van der Waals surface area contributed by atoms with E-state index in [1.165, 1.54) is 40.2 Å². The maximum atomic E-state index is 4.77. The third-order valence-corrected chi connectivity index (χ3v) is 4.93. The van der Waals surface area contributed by atoms with E-state index in [2.05, 4.69) is 80.4 Å².